The summed E-state index contributed by atoms with van der Waals surface area (Å²) >= 11 is 1.23. The topological polar surface area (TPSA) is 66.5 Å². The van der Waals surface area contributed by atoms with Gasteiger partial charge in [0, 0.05) is 25.0 Å². The lowest BCUT2D eigenvalue weighted by atomic mass is 9.96. The first-order valence-electron chi connectivity index (χ1n) is 7.66. The molecule has 1 aromatic heterocycles. The molecule has 1 aliphatic heterocycles. The van der Waals surface area contributed by atoms with Gasteiger partial charge in [0.05, 0.1) is 0 Å². The second-order valence-electron chi connectivity index (χ2n) is 6.15. The van der Waals surface area contributed by atoms with Crippen molar-refractivity contribution in [3.05, 3.63) is 17.5 Å². The molecule has 5 nitrogen and oxygen atoms in total. The lowest BCUT2D eigenvalue weighted by Gasteiger charge is -2.31. The van der Waals surface area contributed by atoms with Crippen LogP contribution in [-0.4, -0.2) is 37.8 Å². The number of thiophene rings is 1. The van der Waals surface area contributed by atoms with E-state index in [4.69, 9.17) is 0 Å². The minimum atomic E-state index is -3.38. The molecule has 0 saturated carbocycles. The summed E-state index contributed by atoms with van der Waals surface area (Å²) < 4.78 is 26.7. The zero-order chi connectivity index (χ0) is 16.3. The van der Waals surface area contributed by atoms with E-state index in [1.165, 1.54) is 15.6 Å². The van der Waals surface area contributed by atoms with E-state index in [0.29, 0.717) is 36.1 Å². The third-order valence-electron chi connectivity index (χ3n) is 4.28. The molecular weight excluding hydrogens is 320 g/mol. The van der Waals surface area contributed by atoms with Crippen LogP contribution >= 0.6 is 11.3 Å². The van der Waals surface area contributed by atoms with Crippen molar-refractivity contribution in [3.8, 4) is 0 Å². The van der Waals surface area contributed by atoms with Crippen molar-refractivity contribution in [2.75, 3.05) is 13.1 Å². The van der Waals surface area contributed by atoms with Crippen LogP contribution in [0, 0.1) is 11.8 Å². The Kier molecular flexibility index (Phi) is 5.63. The standard InChI is InChI=1S/C15H24N2O3S2/c1-11(2)12(3)16-15(18)13-6-8-17(9-7-13)22(19,20)14-5-4-10-21-14/h4-5,10-13H,6-9H2,1-3H3,(H,16,18)/t12-/m0/s1. The van der Waals surface area contributed by atoms with Gasteiger partial charge in [0.1, 0.15) is 4.21 Å². The molecular formula is C15H24N2O3S2. The van der Waals surface area contributed by atoms with Gasteiger partial charge in [0.25, 0.3) is 10.0 Å². The fraction of sp³-hybridized carbons (Fsp3) is 0.667. The maximum Gasteiger partial charge on any atom is 0.252 e. The Hall–Kier alpha value is -0.920. The highest BCUT2D eigenvalue weighted by Crippen LogP contribution is 2.26. The summed E-state index contributed by atoms with van der Waals surface area (Å²) in [6.45, 7) is 6.96. The van der Waals surface area contributed by atoms with Crippen LogP contribution in [-0.2, 0) is 14.8 Å². The Balaban J connectivity index is 1.92. The van der Waals surface area contributed by atoms with Crippen molar-refractivity contribution in [1.29, 1.82) is 0 Å². The third kappa shape index (κ3) is 3.88. The van der Waals surface area contributed by atoms with Gasteiger partial charge in [0.2, 0.25) is 5.91 Å². The molecule has 1 fully saturated rings. The molecule has 0 spiro atoms. The van der Waals surface area contributed by atoms with Crippen molar-refractivity contribution in [2.45, 2.75) is 43.9 Å². The monoisotopic (exact) mass is 344 g/mol. The number of nitrogens with one attached hydrogen (secondary N) is 1. The Morgan fingerprint density at radius 2 is 1.95 bits per heavy atom. The molecule has 0 aromatic carbocycles. The minimum absolute atomic E-state index is 0.0503. The average molecular weight is 345 g/mol. The first-order valence-corrected chi connectivity index (χ1v) is 9.98. The zero-order valence-corrected chi connectivity index (χ0v) is 14.9. The molecule has 0 aliphatic carbocycles. The van der Waals surface area contributed by atoms with Crippen LogP contribution in [0.2, 0.25) is 0 Å². The van der Waals surface area contributed by atoms with Gasteiger partial charge < -0.3 is 5.32 Å². The Morgan fingerprint density at radius 1 is 1.32 bits per heavy atom. The molecule has 2 heterocycles. The molecule has 2 rings (SSSR count). The highest BCUT2D eigenvalue weighted by molar-refractivity contribution is 7.91. The number of nitrogens with zero attached hydrogens (tertiary/aromatic N) is 1. The highest BCUT2D eigenvalue weighted by Gasteiger charge is 2.32. The lowest BCUT2D eigenvalue weighted by molar-refractivity contribution is -0.127. The van der Waals surface area contributed by atoms with Crippen LogP contribution in [0.4, 0.5) is 0 Å². The number of piperidine rings is 1. The fourth-order valence-electron chi connectivity index (χ4n) is 2.40. The summed E-state index contributed by atoms with van der Waals surface area (Å²) in [6.07, 6.45) is 1.17. The number of sulfonamides is 1. The summed E-state index contributed by atoms with van der Waals surface area (Å²) in [5.74, 6) is 0.355. The molecule has 0 unspecified atom stereocenters. The molecule has 0 bridgehead atoms. The third-order valence-corrected chi connectivity index (χ3v) is 7.56. The van der Waals surface area contributed by atoms with Crippen molar-refractivity contribution in [1.82, 2.24) is 9.62 Å². The van der Waals surface area contributed by atoms with E-state index in [1.54, 1.807) is 17.5 Å². The number of rotatable bonds is 5. The smallest absolute Gasteiger partial charge is 0.252 e. The van der Waals surface area contributed by atoms with Gasteiger partial charge in [0.15, 0.2) is 0 Å². The van der Waals surface area contributed by atoms with Gasteiger partial charge in [-0.15, -0.1) is 11.3 Å². The van der Waals surface area contributed by atoms with Crippen LogP contribution in [0.1, 0.15) is 33.6 Å². The summed E-state index contributed by atoms with van der Waals surface area (Å²) in [5, 5.41) is 4.79. The maximum absolute atomic E-state index is 12.4. The Morgan fingerprint density at radius 3 is 2.45 bits per heavy atom. The number of carbonyl (C=O) groups excluding carboxylic acids is 1. The number of carbonyl (C=O) groups is 1. The summed E-state index contributed by atoms with van der Waals surface area (Å²) in [4.78, 5) is 12.2. The van der Waals surface area contributed by atoms with Crippen LogP contribution in [0.15, 0.2) is 21.7 Å². The molecule has 1 amide bonds. The van der Waals surface area contributed by atoms with Crippen LogP contribution in [0.25, 0.3) is 0 Å². The number of amides is 1. The van der Waals surface area contributed by atoms with E-state index in [9.17, 15) is 13.2 Å². The predicted octanol–water partition coefficient (Wildman–Crippen LogP) is 2.31. The molecule has 1 saturated heterocycles. The molecule has 124 valence electrons. The second-order valence-corrected chi connectivity index (χ2v) is 9.26. The van der Waals surface area contributed by atoms with Gasteiger partial charge in [-0.25, -0.2) is 8.42 Å². The van der Waals surface area contributed by atoms with Crippen LogP contribution in [0.3, 0.4) is 0 Å². The normalized spacial score (nSPS) is 19.3. The van der Waals surface area contributed by atoms with E-state index in [2.05, 4.69) is 19.2 Å². The van der Waals surface area contributed by atoms with E-state index >= 15 is 0 Å². The van der Waals surface area contributed by atoms with E-state index in [1.807, 2.05) is 6.92 Å². The first kappa shape index (κ1) is 17.4. The van der Waals surface area contributed by atoms with Gasteiger partial charge in [-0.3, -0.25) is 4.79 Å². The molecule has 7 heteroatoms. The van der Waals surface area contributed by atoms with Gasteiger partial charge >= 0.3 is 0 Å². The van der Waals surface area contributed by atoms with E-state index in [0.717, 1.165) is 0 Å². The number of hydrogen-bond acceptors (Lipinski definition) is 4. The Labute approximate surface area is 136 Å². The van der Waals surface area contributed by atoms with Crippen molar-refractivity contribution in [3.63, 3.8) is 0 Å². The molecule has 1 aromatic rings. The predicted molar refractivity (Wildman–Crippen MR) is 88.2 cm³/mol. The minimum Gasteiger partial charge on any atom is -0.353 e. The van der Waals surface area contributed by atoms with E-state index in [-0.39, 0.29) is 17.9 Å². The zero-order valence-electron chi connectivity index (χ0n) is 13.3. The van der Waals surface area contributed by atoms with Gasteiger partial charge in [-0.1, -0.05) is 19.9 Å². The fourth-order valence-corrected chi connectivity index (χ4v) is 5.02. The molecule has 1 N–H and O–H groups in total. The van der Waals surface area contributed by atoms with Crippen molar-refractivity contribution >= 4 is 27.3 Å². The summed E-state index contributed by atoms with van der Waals surface area (Å²) in [5.41, 5.74) is 0. The quantitative estimate of drug-likeness (QED) is 0.891. The van der Waals surface area contributed by atoms with Crippen molar-refractivity contribution in [2.24, 2.45) is 11.8 Å². The summed E-state index contributed by atoms with van der Waals surface area (Å²) in [7, 11) is -3.38. The highest BCUT2D eigenvalue weighted by atomic mass is 32.2. The van der Waals surface area contributed by atoms with Gasteiger partial charge in [-0.05, 0) is 37.1 Å². The average Bonchev–Trinajstić information content (AvgIpc) is 3.02. The van der Waals surface area contributed by atoms with Crippen LogP contribution < -0.4 is 5.32 Å². The second kappa shape index (κ2) is 7.10. The lowest BCUT2D eigenvalue weighted by Crippen LogP contribution is -2.45. The largest absolute Gasteiger partial charge is 0.353 e. The van der Waals surface area contributed by atoms with Crippen molar-refractivity contribution < 1.29 is 13.2 Å². The molecule has 1 atom stereocenters. The van der Waals surface area contributed by atoms with Gasteiger partial charge in [-0.2, -0.15) is 4.31 Å². The van der Waals surface area contributed by atoms with Crippen LogP contribution in [0.5, 0.6) is 0 Å². The number of hydrogen-bond donors (Lipinski definition) is 1. The first-order chi connectivity index (χ1) is 10.3. The molecule has 0 radical (unpaired) electrons. The molecule has 1 aliphatic rings. The maximum atomic E-state index is 12.4. The van der Waals surface area contributed by atoms with E-state index < -0.39 is 10.0 Å². The SMILES string of the molecule is CC(C)[C@H](C)NC(=O)C1CCN(S(=O)(=O)c2cccs2)CC1. The molecule has 22 heavy (non-hydrogen) atoms. The summed E-state index contributed by atoms with van der Waals surface area (Å²) in [6, 6.07) is 3.51. The Bertz CT molecular complexity index is 588.